The zero-order valence-corrected chi connectivity index (χ0v) is 21.3. The van der Waals surface area contributed by atoms with Gasteiger partial charge in [0.05, 0.1) is 17.8 Å². The van der Waals surface area contributed by atoms with E-state index in [1.165, 1.54) is 0 Å². The monoisotopic (exact) mass is 500 g/mol. The first-order valence-electron chi connectivity index (χ1n) is 11.8. The molecule has 3 aromatic carbocycles. The summed E-state index contributed by atoms with van der Waals surface area (Å²) < 4.78 is 12.2. The molecule has 6 nitrogen and oxygen atoms in total. The van der Waals surface area contributed by atoms with Crippen molar-refractivity contribution in [2.75, 3.05) is 0 Å². The highest BCUT2D eigenvalue weighted by molar-refractivity contribution is 7.73. The van der Waals surface area contributed by atoms with Crippen LogP contribution in [0, 0.1) is 0 Å². The molecular formula is C28H37O6P. The molecule has 0 spiro atoms. The molecule has 0 aromatic heterocycles. The summed E-state index contributed by atoms with van der Waals surface area (Å²) in [6, 6.07) is 25.7. The average Bonchev–Trinajstić information content (AvgIpc) is 2.87. The van der Waals surface area contributed by atoms with Gasteiger partial charge in [0.15, 0.2) is 0 Å². The zero-order valence-electron chi connectivity index (χ0n) is 20.4. The predicted octanol–water partition coefficient (Wildman–Crippen LogP) is 4.99. The van der Waals surface area contributed by atoms with Crippen molar-refractivity contribution >= 4 is 23.9 Å². The van der Waals surface area contributed by atoms with Crippen LogP contribution >= 0.6 is 7.37 Å². The number of aliphatic hydroxyl groups is 2. The van der Waals surface area contributed by atoms with Crippen molar-refractivity contribution in [2.45, 2.75) is 58.2 Å². The number of carboxylic acids is 1. The summed E-state index contributed by atoms with van der Waals surface area (Å²) in [7, 11) is -3.40. The molecule has 0 heterocycles. The molecule has 0 radical (unpaired) electrons. The molecular weight excluding hydrogens is 463 g/mol. The second-order valence-corrected chi connectivity index (χ2v) is 10.2. The van der Waals surface area contributed by atoms with Gasteiger partial charge in [-0.2, -0.15) is 0 Å². The van der Waals surface area contributed by atoms with Gasteiger partial charge in [-0.3, -0.25) is 4.57 Å². The second kappa shape index (κ2) is 16.8. The number of hydrogen-bond donors (Lipinski definition) is 4. The second-order valence-electron chi connectivity index (χ2n) is 8.04. The summed E-state index contributed by atoms with van der Waals surface area (Å²) in [4.78, 5) is 20.2. The maximum absolute atomic E-state index is 12.2. The number of carboxylic acid groups (broad SMARTS) is 1. The lowest BCUT2D eigenvalue weighted by Crippen LogP contribution is -2.16. The molecule has 35 heavy (non-hydrogen) atoms. The van der Waals surface area contributed by atoms with Gasteiger partial charge in [-0.15, -0.1) is 0 Å². The Morgan fingerprint density at radius 1 is 0.714 bits per heavy atom. The molecule has 0 aliphatic rings. The Bertz CT molecular complexity index is 942. The largest absolute Gasteiger partial charge is 0.478 e. The lowest BCUT2D eigenvalue weighted by atomic mass is 10.0. The summed E-state index contributed by atoms with van der Waals surface area (Å²) in [6.45, 7) is 4.07. The van der Waals surface area contributed by atoms with Crippen LogP contribution in [0.4, 0.5) is 0 Å². The number of rotatable bonds is 9. The minimum absolute atomic E-state index is 0.304. The molecule has 2 atom stereocenters. The van der Waals surface area contributed by atoms with E-state index in [0.717, 1.165) is 25.7 Å². The standard InChI is InChI=1S/C12H11O2P.C9H20O2.C7H6O2/c13-15(14,11-7-3-1-4-8-11)12-9-5-2-6-10-12;1-3-5-8(10)7-9(11)6-4-2;8-7(9)6-4-2-1-3-5-6/h1-10H,(H,13,14);8-11H,3-7H2,1-2H3;1-5H,(H,8,9). The molecule has 0 fully saturated rings. The van der Waals surface area contributed by atoms with Crippen molar-refractivity contribution in [3.05, 3.63) is 96.6 Å². The van der Waals surface area contributed by atoms with Crippen LogP contribution in [0.15, 0.2) is 91.0 Å². The molecule has 3 rings (SSSR count). The molecule has 0 saturated heterocycles. The third-order valence-electron chi connectivity index (χ3n) is 5.02. The van der Waals surface area contributed by atoms with Gasteiger partial charge < -0.3 is 20.2 Å². The van der Waals surface area contributed by atoms with Crippen LogP contribution in [0.1, 0.15) is 56.3 Å². The number of aromatic carboxylic acids is 1. The van der Waals surface area contributed by atoms with E-state index in [-0.39, 0.29) is 12.2 Å². The van der Waals surface area contributed by atoms with E-state index in [1.54, 1.807) is 78.9 Å². The molecule has 0 saturated carbocycles. The van der Waals surface area contributed by atoms with E-state index in [2.05, 4.69) is 0 Å². The zero-order chi connectivity index (χ0) is 26.1. The van der Waals surface area contributed by atoms with E-state index in [1.807, 2.05) is 26.0 Å². The first kappa shape index (κ1) is 30.3. The van der Waals surface area contributed by atoms with Crippen LogP contribution in [0.2, 0.25) is 0 Å². The number of hydrogen-bond acceptors (Lipinski definition) is 4. The van der Waals surface area contributed by atoms with E-state index in [0.29, 0.717) is 22.6 Å². The maximum atomic E-state index is 12.2. The van der Waals surface area contributed by atoms with Gasteiger partial charge in [-0.05, 0) is 55.7 Å². The Kier molecular flexibility index (Phi) is 14.5. The van der Waals surface area contributed by atoms with Gasteiger partial charge in [-0.1, -0.05) is 81.3 Å². The van der Waals surface area contributed by atoms with E-state index >= 15 is 0 Å². The minimum Gasteiger partial charge on any atom is -0.478 e. The maximum Gasteiger partial charge on any atom is 0.335 e. The predicted molar refractivity (Wildman–Crippen MR) is 142 cm³/mol. The molecule has 3 aromatic rings. The molecule has 0 amide bonds. The van der Waals surface area contributed by atoms with Crippen molar-refractivity contribution in [3.8, 4) is 0 Å². The van der Waals surface area contributed by atoms with Crippen molar-refractivity contribution in [1.82, 2.24) is 0 Å². The highest BCUT2D eigenvalue weighted by atomic mass is 31.2. The number of aliphatic hydroxyl groups excluding tert-OH is 2. The smallest absolute Gasteiger partial charge is 0.335 e. The van der Waals surface area contributed by atoms with E-state index < -0.39 is 13.3 Å². The topological polar surface area (TPSA) is 115 Å². The Morgan fingerprint density at radius 3 is 1.34 bits per heavy atom. The van der Waals surface area contributed by atoms with Gasteiger partial charge in [0, 0.05) is 10.6 Å². The van der Waals surface area contributed by atoms with Crippen LogP contribution < -0.4 is 10.6 Å². The molecule has 190 valence electrons. The Morgan fingerprint density at radius 2 is 1.06 bits per heavy atom. The van der Waals surface area contributed by atoms with Crippen LogP contribution in [0.5, 0.6) is 0 Å². The number of benzene rings is 3. The quantitative estimate of drug-likeness (QED) is 0.308. The van der Waals surface area contributed by atoms with Gasteiger partial charge in [0.25, 0.3) is 7.37 Å². The summed E-state index contributed by atoms with van der Waals surface area (Å²) in [6.07, 6.45) is 3.52. The molecule has 4 N–H and O–H groups in total. The van der Waals surface area contributed by atoms with Gasteiger partial charge >= 0.3 is 5.97 Å². The van der Waals surface area contributed by atoms with Gasteiger partial charge in [-0.25, -0.2) is 4.79 Å². The molecule has 2 unspecified atom stereocenters. The fraction of sp³-hybridized carbons (Fsp3) is 0.321. The fourth-order valence-electron chi connectivity index (χ4n) is 3.21. The molecule has 0 aliphatic carbocycles. The van der Waals surface area contributed by atoms with Crippen LogP contribution in [-0.4, -0.2) is 38.4 Å². The minimum atomic E-state index is -3.40. The lowest BCUT2D eigenvalue weighted by molar-refractivity contribution is 0.0691. The molecule has 7 heteroatoms. The Balaban J connectivity index is 0.000000273. The summed E-state index contributed by atoms with van der Waals surface area (Å²) in [5, 5.41) is 27.9. The van der Waals surface area contributed by atoms with E-state index in [4.69, 9.17) is 5.11 Å². The van der Waals surface area contributed by atoms with Crippen LogP contribution in [0.25, 0.3) is 0 Å². The van der Waals surface area contributed by atoms with Crippen molar-refractivity contribution < 1.29 is 29.6 Å². The first-order chi connectivity index (χ1) is 16.7. The SMILES string of the molecule is CCCC(O)CC(O)CCC.O=C(O)c1ccccc1.O=P(O)(c1ccccc1)c1ccccc1. The highest BCUT2D eigenvalue weighted by Crippen LogP contribution is 2.37. The average molecular weight is 501 g/mol. The summed E-state index contributed by atoms with van der Waals surface area (Å²) in [5.41, 5.74) is 0.331. The van der Waals surface area contributed by atoms with Crippen molar-refractivity contribution in [1.29, 1.82) is 0 Å². The van der Waals surface area contributed by atoms with Crippen molar-refractivity contribution in [2.24, 2.45) is 0 Å². The fourth-order valence-corrected chi connectivity index (χ4v) is 4.66. The van der Waals surface area contributed by atoms with E-state index in [9.17, 15) is 24.5 Å². The summed E-state index contributed by atoms with van der Waals surface area (Å²) in [5.74, 6) is -0.879. The Hall–Kier alpha value is -2.76. The Labute approximate surface area is 208 Å². The van der Waals surface area contributed by atoms with Gasteiger partial charge in [0.2, 0.25) is 0 Å². The normalized spacial score (nSPS) is 12.3. The summed E-state index contributed by atoms with van der Waals surface area (Å²) >= 11 is 0. The highest BCUT2D eigenvalue weighted by Gasteiger charge is 2.22. The molecule has 0 aliphatic heterocycles. The first-order valence-corrected chi connectivity index (χ1v) is 13.5. The third kappa shape index (κ3) is 12.0. The van der Waals surface area contributed by atoms with Crippen LogP contribution in [-0.2, 0) is 4.57 Å². The number of carbonyl (C=O) groups is 1. The third-order valence-corrected chi connectivity index (χ3v) is 7.02. The van der Waals surface area contributed by atoms with Crippen LogP contribution in [0.3, 0.4) is 0 Å². The lowest BCUT2D eigenvalue weighted by Gasteiger charge is -2.13. The molecule has 0 bridgehead atoms. The van der Waals surface area contributed by atoms with Crippen molar-refractivity contribution in [3.63, 3.8) is 0 Å². The van der Waals surface area contributed by atoms with Gasteiger partial charge in [0.1, 0.15) is 0 Å².